The molecule has 0 bridgehead atoms. The summed E-state index contributed by atoms with van der Waals surface area (Å²) >= 11 is 0. The fraction of sp³-hybridized carbons (Fsp3) is 0.0870. The minimum atomic E-state index is -0.440. The highest BCUT2D eigenvalue weighted by molar-refractivity contribution is 6.05. The summed E-state index contributed by atoms with van der Waals surface area (Å²) in [6.07, 6.45) is 0. The van der Waals surface area contributed by atoms with Gasteiger partial charge in [0.1, 0.15) is 5.82 Å². The van der Waals surface area contributed by atoms with E-state index in [1.165, 1.54) is 12.1 Å². The summed E-state index contributed by atoms with van der Waals surface area (Å²) in [5, 5.41) is 10.7. The molecule has 4 rings (SSSR count). The largest absolute Gasteiger partial charge is 0.503 e. The zero-order valence-electron chi connectivity index (χ0n) is 14.5. The van der Waals surface area contributed by atoms with Crippen LogP contribution in [0, 0.1) is 5.82 Å². The van der Waals surface area contributed by atoms with E-state index in [-0.39, 0.29) is 11.6 Å². The highest BCUT2D eigenvalue weighted by Gasteiger charge is 2.40. The molecule has 3 aromatic carbocycles. The topological polar surface area (TPSA) is 40.5 Å². The van der Waals surface area contributed by atoms with E-state index in [9.17, 15) is 14.3 Å². The van der Waals surface area contributed by atoms with Crippen LogP contribution in [0.5, 0.6) is 0 Å². The quantitative estimate of drug-likeness (QED) is 0.721. The Balaban J connectivity index is 1.81. The van der Waals surface area contributed by atoms with E-state index in [1.807, 2.05) is 60.7 Å². The maximum Gasteiger partial charge on any atom is 0.290 e. The van der Waals surface area contributed by atoms with E-state index in [1.54, 1.807) is 17.0 Å². The second-order valence-electron chi connectivity index (χ2n) is 6.50. The van der Waals surface area contributed by atoms with Gasteiger partial charge in [0.2, 0.25) is 0 Å². The van der Waals surface area contributed by atoms with Gasteiger partial charge in [-0.2, -0.15) is 0 Å². The zero-order chi connectivity index (χ0) is 18.8. The highest BCUT2D eigenvalue weighted by atomic mass is 19.1. The summed E-state index contributed by atoms with van der Waals surface area (Å²) in [5.74, 6) is -1.07. The van der Waals surface area contributed by atoms with Gasteiger partial charge in [0.25, 0.3) is 5.91 Å². The third-order valence-electron chi connectivity index (χ3n) is 4.77. The second-order valence-corrected chi connectivity index (χ2v) is 6.50. The third-order valence-corrected chi connectivity index (χ3v) is 4.77. The van der Waals surface area contributed by atoms with Crippen molar-refractivity contribution in [3.63, 3.8) is 0 Å². The van der Waals surface area contributed by atoms with Crippen LogP contribution in [0.15, 0.2) is 90.7 Å². The molecule has 1 heterocycles. The molecule has 3 nitrogen and oxygen atoms in total. The number of nitrogens with zero attached hydrogens (tertiary/aromatic N) is 1. The van der Waals surface area contributed by atoms with Crippen molar-refractivity contribution in [3.8, 4) is 0 Å². The van der Waals surface area contributed by atoms with Crippen molar-refractivity contribution >= 4 is 11.5 Å². The monoisotopic (exact) mass is 359 g/mol. The van der Waals surface area contributed by atoms with Crippen molar-refractivity contribution < 1.29 is 14.3 Å². The van der Waals surface area contributed by atoms with E-state index in [4.69, 9.17) is 0 Å². The molecule has 0 spiro atoms. The van der Waals surface area contributed by atoms with Gasteiger partial charge in [-0.05, 0) is 28.8 Å². The van der Waals surface area contributed by atoms with Gasteiger partial charge in [-0.3, -0.25) is 4.79 Å². The number of hydrogen-bond acceptors (Lipinski definition) is 2. The molecule has 4 heteroatoms. The molecule has 0 saturated carbocycles. The van der Waals surface area contributed by atoms with Gasteiger partial charge < -0.3 is 10.0 Å². The number of carbonyl (C=O) groups excluding carboxylic acids is 1. The first-order valence-corrected chi connectivity index (χ1v) is 8.74. The van der Waals surface area contributed by atoms with Crippen molar-refractivity contribution in [3.05, 3.63) is 113 Å². The molecule has 27 heavy (non-hydrogen) atoms. The maximum atomic E-state index is 13.4. The van der Waals surface area contributed by atoms with E-state index in [2.05, 4.69) is 0 Å². The fourth-order valence-corrected chi connectivity index (χ4v) is 3.50. The summed E-state index contributed by atoms with van der Waals surface area (Å²) in [5.41, 5.74) is 3.00. The summed E-state index contributed by atoms with van der Waals surface area (Å²) < 4.78 is 13.4. The Labute approximate surface area is 157 Å². The van der Waals surface area contributed by atoms with Crippen LogP contribution in [0.1, 0.15) is 22.7 Å². The molecule has 1 unspecified atom stereocenters. The predicted molar refractivity (Wildman–Crippen MR) is 102 cm³/mol. The van der Waals surface area contributed by atoms with Crippen molar-refractivity contribution in [2.75, 3.05) is 0 Å². The number of aliphatic hydroxyl groups is 1. The third kappa shape index (κ3) is 3.22. The lowest BCUT2D eigenvalue weighted by Gasteiger charge is -2.27. The van der Waals surface area contributed by atoms with Gasteiger partial charge in [0.05, 0.1) is 6.04 Å². The van der Waals surface area contributed by atoms with Crippen LogP contribution in [-0.4, -0.2) is 15.9 Å². The molecular weight excluding hydrogens is 341 g/mol. The second kappa shape index (κ2) is 7.08. The van der Waals surface area contributed by atoms with Gasteiger partial charge in [0, 0.05) is 12.1 Å². The molecule has 3 aromatic rings. The molecule has 0 aromatic heterocycles. The number of hydrogen-bond donors (Lipinski definition) is 1. The summed E-state index contributed by atoms with van der Waals surface area (Å²) in [7, 11) is 0. The van der Waals surface area contributed by atoms with Crippen molar-refractivity contribution in [1.82, 2.24) is 4.90 Å². The molecule has 1 aliphatic rings. The number of halogens is 1. The number of carbonyl (C=O) groups is 1. The molecule has 134 valence electrons. The first kappa shape index (κ1) is 17.0. The first-order valence-electron chi connectivity index (χ1n) is 8.74. The van der Waals surface area contributed by atoms with Gasteiger partial charge in [0.15, 0.2) is 5.76 Å². The predicted octanol–water partition coefficient (Wildman–Crippen LogP) is 4.88. The Morgan fingerprint density at radius 1 is 0.852 bits per heavy atom. The Morgan fingerprint density at radius 3 is 2.07 bits per heavy atom. The van der Waals surface area contributed by atoms with Crippen LogP contribution < -0.4 is 0 Å². The van der Waals surface area contributed by atoms with E-state index < -0.39 is 11.9 Å². The van der Waals surface area contributed by atoms with Gasteiger partial charge >= 0.3 is 0 Å². The van der Waals surface area contributed by atoms with Crippen LogP contribution >= 0.6 is 0 Å². The lowest BCUT2D eigenvalue weighted by Crippen LogP contribution is -2.29. The molecular formula is C23H18FNO2. The van der Waals surface area contributed by atoms with Gasteiger partial charge in [-0.1, -0.05) is 72.8 Å². The average Bonchev–Trinajstić information content (AvgIpc) is 2.95. The summed E-state index contributed by atoms with van der Waals surface area (Å²) in [6.45, 7) is 0.369. The smallest absolute Gasteiger partial charge is 0.290 e. The van der Waals surface area contributed by atoms with Crippen LogP contribution in [0.25, 0.3) is 5.57 Å². The molecule has 0 radical (unpaired) electrons. The molecule has 0 fully saturated rings. The Morgan fingerprint density at radius 2 is 1.44 bits per heavy atom. The SMILES string of the molecule is O=C1C(O)=C(c2ccc(F)cc2)C(c2ccccc2)N1Cc1ccccc1. The lowest BCUT2D eigenvalue weighted by atomic mass is 9.93. The Kier molecular flexibility index (Phi) is 4.47. The normalized spacial score (nSPS) is 16.9. The van der Waals surface area contributed by atoms with Crippen molar-refractivity contribution in [2.45, 2.75) is 12.6 Å². The van der Waals surface area contributed by atoms with Crippen LogP contribution in [0.2, 0.25) is 0 Å². The fourth-order valence-electron chi connectivity index (χ4n) is 3.50. The van der Waals surface area contributed by atoms with Gasteiger partial charge in [-0.25, -0.2) is 4.39 Å². The molecule has 1 amide bonds. The average molecular weight is 359 g/mol. The van der Waals surface area contributed by atoms with E-state index in [0.717, 1.165) is 11.1 Å². The number of amides is 1. The van der Waals surface area contributed by atoms with Crippen LogP contribution in [0.4, 0.5) is 4.39 Å². The highest BCUT2D eigenvalue weighted by Crippen LogP contribution is 2.43. The summed E-state index contributed by atoms with van der Waals surface area (Å²) in [6, 6.07) is 24.6. The molecule has 1 N–H and O–H groups in total. The standard InChI is InChI=1S/C23H18FNO2/c24-19-13-11-17(12-14-19)20-21(18-9-5-2-6-10-18)25(23(27)22(20)26)15-16-7-3-1-4-8-16/h1-14,21,26H,15H2. The Bertz CT molecular complexity index is 982. The van der Waals surface area contributed by atoms with E-state index in [0.29, 0.717) is 17.7 Å². The number of benzene rings is 3. The van der Waals surface area contributed by atoms with Crippen LogP contribution in [-0.2, 0) is 11.3 Å². The summed E-state index contributed by atoms with van der Waals surface area (Å²) in [4.78, 5) is 14.5. The maximum absolute atomic E-state index is 13.4. The number of rotatable bonds is 4. The number of aliphatic hydroxyl groups excluding tert-OH is 1. The molecule has 1 atom stereocenters. The lowest BCUT2D eigenvalue weighted by molar-refractivity contribution is -0.130. The molecule has 0 saturated heterocycles. The van der Waals surface area contributed by atoms with Gasteiger partial charge in [-0.15, -0.1) is 0 Å². The molecule has 1 aliphatic heterocycles. The molecule has 0 aliphatic carbocycles. The first-order chi connectivity index (χ1) is 13.1. The van der Waals surface area contributed by atoms with Crippen molar-refractivity contribution in [1.29, 1.82) is 0 Å². The minimum Gasteiger partial charge on any atom is -0.503 e. The Hall–Kier alpha value is -3.40. The van der Waals surface area contributed by atoms with E-state index >= 15 is 0 Å². The zero-order valence-corrected chi connectivity index (χ0v) is 14.5. The minimum absolute atomic E-state index is 0.286. The van der Waals surface area contributed by atoms with Crippen LogP contribution in [0.3, 0.4) is 0 Å². The van der Waals surface area contributed by atoms with Crippen molar-refractivity contribution in [2.24, 2.45) is 0 Å².